The number of aromatic nitrogens is 5. The van der Waals surface area contributed by atoms with Gasteiger partial charge in [0.25, 0.3) is 0 Å². The first-order valence-electron chi connectivity index (χ1n) is 14.3. The molecule has 1 aliphatic heterocycles. The van der Waals surface area contributed by atoms with Gasteiger partial charge in [-0.25, -0.2) is 14.4 Å². The standard InChI is InChI=1S/C29H24ClN7O.C4H4O4/c1-35-27-17-34-23-5-2-18(19-3-6-24-25(15-19)33-9-8-32-24)14-21(23)28(27)37(29(35)38)20-4-7-26(22(30)16-20)36-12-10-31-11-13-36;5-3(6)1-2-4(7)8/h2-9,14-17,31H,10-13H2,1H3;1-2H,(H,5,6)(H,7,8). The van der Waals surface area contributed by atoms with Crippen molar-refractivity contribution < 1.29 is 19.8 Å². The number of rotatable bonds is 5. The third kappa shape index (κ3) is 6.03. The number of aliphatic carboxylic acids is 2. The third-order valence-corrected chi connectivity index (χ3v) is 8.00. The zero-order valence-corrected chi connectivity index (χ0v) is 25.3. The minimum Gasteiger partial charge on any atom is -0.478 e. The van der Waals surface area contributed by atoms with Gasteiger partial charge in [-0.05, 0) is 53.6 Å². The monoisotopic (exact) mass is 637 g/mol. The van der Waals surface area contributed by atoms with E-state index in [4.69, 9.17) is 21.8 Å². The van der Waals surface area contributed by atoms with Crippen LogP contribution in [-0.2, 0) is 16.6 Å². The van der Waals surface area contributed by atoms with Gasteiger partial charge in [0.05, 0.1) is 50.2 Å². The van der Waals surface area contributed by atoms with Gasteiger partial charge in [-0.2, -0.15) is 0 Å². The van der Waals surface area contributed by atoms with Gasteiger partial charge in [0.1, 0.15) is 0 Å². The predicted molar refractivity (Wildman–Crippen MR) is 177 cm³/mol. The zero-order valence-electron chi connectivity index (χ0n) is 24.6. The van der Waals surface area contributed by atoms with Gasteiger partial charge in [0, 0.05) is 63.2 Å². The average Bonchev–Trinajstić information content (AvgIpc) is 3.33. The summed E-state index contributed by atoms with van der Waals surface area (Å²) in [6, 6.07) is 18.0. The topological polar surface area (TPSA) is 155 Å². The number of carboxylic acid groups (broad SMARTS) is 2. The number of piperazine rings is 1. The summed E-state index contributed by atoms with van der Waals surface area (Å²) in [5, 5.41) is 20.5. The number of hydrogen-bond donors (Lipinski definition) is 3. The molecule has 7 rings (SSSR count). The molecule has 12 nitrogen and oxygen atoms in total. The van der Waals surface area contributed by atoms with Crippen LogP contribution < -0.4 is 15.9 Å². The van der Waals surface area contributed by atoms with Crippen molar-refractivity contribution >= 4 is 62.2 Å². The van der Waals surface area contributed by atoms with Crippen molar-refractivity contribution in [3.63, 3.8) is 0 Å². The molecule has 0 spiro atoms. The molecule has 0 bridgehead atoms. The molecule has 232 valence electrons. The second-order valence-electron chi connectivity index (χ2n) is 10.5. The van der Waals surface area contributed by atoms with Crippen molar-refractivity contribution in [1.82, 2.24) is 29.4 Å². The van der Waals surface area contributed by atoms with Crippen LogP contribution in [0.2, 0.25) is 5.02 Å². The molecule has 0 unspecified atom stereocenters. The summed E-state index contributed by atoms with van der Waals surface area (Å²) in [4.78, 5) is 48.4. The number of carbonyl (C=O) groups is 2. The largest absolute Gasteiger partial charge is 0.478 e. The van der Waals surface area contributed by atoms with E-state index in [0.717, 1.165) is 81.7 Å². The van der Waals surface area contributed by atoms with Crippen molar-refractivity contribution in [3.05, 3.63) is 101 Å². The van der Waals surface area contributed by atoms with Crippen LogP contribution in [0, 0.1) is 0 Å². The Morgan fingerprint density at radius 1 is 0.848 bits per heavy atom. The number of benzene rings is 3. The van der Waals surface area contributed by atoms with Crippen molar-refractivity contribution in [2.24, 2.45) is 7.05 Å². The first-order chi connectivity index (χ1) is 22.2. The van der Waals surface area contributed by atoms with E-state index in [9.17, 15) is 14.4 Å². The second kappa shape index (κ2) is 12.8. The van der Waals surface area contributed by atoms with Gasteiger partial charge in [-0.15, -0.1) is 0 Å². The van der Waals surface area contributed by atoms with E-state index in [1.165, 1.54) is 0 Å². The van der Waals surface area contributed by atoms with Gasteiger partial charge in [-0.3, -0.25) is 24.1 Å². The minimum atomic E-state index is -1.26. The van der Waals surface area contributed by atoms with Crippen LogP contribution in [0.25, 0.3) is 49.8 Å². The average molecular weight is 638 g/mol. The van der Waals surface area contributed by atoms with E-state index in [1.807, 2.05) is 48.5 Å². The Labute approximate surface area is 266 Å². The molecule has 1 fully saturated rings. The van der Waals surface area contributed by atoms with Crippen molar-refractivity contribution in [1.29, 1.82) is 0 Å². The van der Waals surface area contributed by atoms with Crippen molar-refractivity contribution in [2.75, 3.05) is 31.1 Å². The number of imidazole rings is 1. The van der Waals surface area contributed by atoms with Gasteiger partial charge in [0.2, 0.25) is 0 Å². The number of pyridine rings is 1. The lowest BCUT2D eigenvalue weighted by Gasteiger charge is -2.30. The number of nitrogens with zero attached hydrogens (tertiary/aromatic N) is 6. The van der Waals surface area contributed by atoms with Crippen LogP contribution in [0.5, 0.6) is 0 Å². The fraction of sp³-hybridized carbons (Fsp3) is 0.152. The number of fused-ring (bicyclic) bond motifs is 4. The number of halogens is 1. The molecule has 3 N–H and O–H groups in total. The van der Waals surface area contributed by atoms with Gasteiger partial charge in [0.15, 0.2) is 0 Å². The van der Waals surface area contributed by atoms with Crippen LogP contribution in [0.4, 0.5) is 5.69 Å². The fourth-order valence-corrected chi connectivity index (χ4v) is 5.79. The number of aryl methyl sites for hydroxylation is 1. The summed E-state index contributed by atoms with van der Waals surface area (Å²) in [5.74, 6) is -2.51. The Hall–Kier alpha value is -5.59. The highest BCUT2D eigenvalue weighted by Gasteiger charge is 2.19. The van der Waals surface area contributed by atoms with Crippen LogP contribution >= 0.6 is 11.6 Å². The van der Waals surface area contributed by atoms with Gasteiger partial charge >= 0.3 is 17.6 Å². The van der Waals surface area contributed by atoms with Crippen molar-refractivity contribution in [2.45, 2.75) is 0 Å². The lowest BCUT2D eigenvalue weighted by Crippen LogP contribution is -2.43. The molecular weight excluding hydrogens is 610 g/mol. The molecule has 1 aliphatic rings. The summed E-state index contributed by atoms with van der Waals surface area (Å²) >= 11 is 6.79. The molecule has 0 atom stereocenters. The Morgan fingerprint density at radius 2 is 1.50 bits per heavy atom. The highest BCUT2D eigenvalue weighted by atomic mass is 35.5. The molecule has 3 aromatic carbocycles. The Bertz CT molecular complexity index is 2200. The number of nitrogens with one attached hydrogen (secondary N) is 1. The molecule has 6 aromatic rings. The van der Waals surface area contributed by atoms with Crippen molar-refractivity contribution in [3.8, 4) is 16.8 Å². The fourth-order valence-electron chi connectivity index (χ4n) is 5.50. The number of carboxylic acids is 2. The molecule has 13 heteroatoms. The summed E-state index contributed by atoms with van der Waals surface area (Å²) in [6.07, 6.45) is 6.26. The lowest BCUT2D eigenvalue weighted by atomic mass is 10.0. The summed E-state index contributed by atoms with van der Waals surface area (Å²) in [6.45, 7) is 3.64. The Morgan fingerprint density at radius 3 is 2.17 bits per heavy atom. The second-order valence-corrected chi connectivity index (χ2v) is 11.0. The van der Waals surface area contributed by atoms with E-state index in [-0.39, 0.29) is 5.69 Å². The highest BCUT2D eigenvalue weighted by Crippen LogP contribution is 2.33. The maximum atomic E-state index is 13.6. The number of anilines is 1. The highest BCUT2D eigenvalue weighted by molar-refractivity contribution is 6.33. The van der Waals surface area contributed by atoms with Crippen LogP contribution in [0.15, 0.2) is 90.1 Å². The van der Waals surface area contributed by atoms with E-state index in [0.29, 0.717) is 17.2 Å². The summed E-state index contributed by atoms with van der Waals surface area (Å²) < 4.78 is 3.38. The normalized spacial score (nSPS) is 13.3. The Kier molecular flexibility index (Phi) is 8.47. The maximum absolute atomic E-state index is 13.6. The summed E-state index contributed by atoms with van der Waals surface area (Å²) in [5.41, 5.74) is 7.64. The first kappa shape index (κ1) is 30.4. The van der Waals surface area contributed by atoms with E-state index in [2.05, 4.69) is 31.2 Å². The predicted octanol–water partition coefficient (Wildman–Crippen LogP) is 4.26. The van der Waals surface area contributed by atoms with E-state index >= 15 is 0 Å². The molecule has 4 heterocycles. The molecular formula is C33H28ClN7O5. The quantitative estimate of drug-likeness (QED) is 0.233. The molecule has 1 saturated heterocycles. The van der Waals surface area contributed by atoms with Gasteiger partial charge in [-0.1, -0.05) is 23.7 Å². The molecule has 0 amide bonds. The van der Waals surface area contributed by atoms with Crippen LogP contribution in [0.3, 0.4) is 0 Å². The smallest absolute Gasteiger partial charge is 0.333 e. The molecule has 0 saturated carbocycles. The summed E-state index contributed by atoms with van der Waals surface area (Å²) in [7, 11) is 1.78. The van der Waals surface area contributed by atoms with Crippen LogP contribution in [0.1, 0.15) is 0 Å². The number of hydrogen-bond acceptors (Lipinski definition) is 8. The maximum Gasteiger partial charge on any atom is 0.333 e. The lowest BCUT2D eigenvalue weighted by molar-refractivity contribution is -0.134. The minimum absolute atomic E-state index is 0.147. The first-order valence-corrected chi connectivity index (χ1v) is 14.7. The SMILES string of the molecule is Cn1c(=O)n(-c2ccc(N3CCNCC3)c(Cl)c2)c2c3cc(-c4ccc5nccnc5c4)ccc3ncc21.O=C(O)C=CC(=O)O. The van der Waals surface area contributed by atoms with Gasteiger partial charge < -0.3 is 20.4 Å². The third-order valence-electron chi connectivity index (χ3n) is 7.70. The van der Waals surface area contributed by atoms with E-state index in [1.54, 1.807) is 34.8 Å². The molecule has 46 heavy (non-hydrogen) atoms. The molecule has 3 aromatic heterocycles. The van der Waals surface area contributed by atoms with E-state index < -0.39 is 11.9 Å². The molecule has 0 radical (unpaired) electrons. The zero-order chi connectivity index (χ0) is 32.4. The molecule has 0 aliphatic carbocycles. The van der Waals surface area contributed by atoms with Crippen LogP contribution in [-0.4, -0.2) is 72.4 Å². The Balaban J connectivity index is 0.000000414.